The van der Waals surface area contributed by atoms with E-state index < -0.39 is 0 Å². The average molecular weight is 282 g/mol. The SMILES string of the molecule is CCC(CC)NC(=O)c1ccc(-c2ccccc2)nc1C. The van der Waals surface area contributed by atoms with Crippen molar-refractivity contribution >= 4 is 5.91 Å². The zero-order chi connectivity index (χ0) is 15.2. The second-order valence-electron chi connectivity index (χ2n) is 5.18. The minimum atomic E-state index is -0.0340. The quantitative estimate of drug-likeness (QED) is 0.901. The lowest BCUT2D eigenvalue weighted by Gasteiger charge is -2.15. The number of carbonyl (C=O) groups is 1. The number of hydrogen-bond acceptors (Lipinski definition) is 2. The average Bonchev–Trinajstić information content (AvgIpc) is 2.53. The van der Waals surface area contributed by atoms with Gasteiger partial charge in [0.1, 0.15) is 0 Å². The summed E-state index contributed by atoms with van der Waals surface area (Å²) in [5.74, 6) is -0.0340. The van der Waals surface area contributed by atoms with Crippen LogP contribution in [0.3, 0.4) is 0 Å². The lowest BCUT2D eigenvalue weighted by Crippen LogP contribution is -2.34. The lowest BCUT2D eigenvalue weighted by atomic mass is 10.1. The summed E-state index contributed by atoms with van der Waals surface area (Å²) in [5.41, 5.74) is 3.38. The van der Waals surface area contributed by atoms with Gasteiger partial charge in [0.15, 0.2) is 0 Å². The van der Waals surface area contributed by atoms with E-state index >= 15 is 0 Å². The van der Waals surface area contributed by atoms with Gasteiger partial charge in [0.25, 0.3) is 5.91 Å². The minimum Gasteiger partial charge on any atom is -0.349 e. The highest BCUT2D eigenvalue weighted by Gasteiger charge is 2.14. The number of pyridine rings is 1. The number of benzene rings is 1. The molecule has 0 bridgehead atoms. The van der Waals surface area contributed by atoms with Crippen LogP contribution in [0.2, 0.25) is 0 Å². The van der Waals surface area contributed by atoms with E-state index in [0.717, 1.165) is 29.8 Å². The van der Waals surface area contributed by atoms with E-state index in [9.17, 15) is 4.79 Å². The van der Waals surface area contributed by atoms with Gasteiger partial charge in [-0.15, -0.1) is 0 Å². The first kappa shape index (κ1) is 15.2. The predicted molar refractivity (Wildman–Crippen MR) is 86.2 cm³/mol. The van der Waals surface area contributed by atoms with Crippen LogP contribution >= 0.6 is 0 Å². The largest absolute Gasteiger partial charge is 0.349 e. The highest BCUT2D eigenvalue weighted by atomic mass is 16.1. The summed E-state index contributed by atoms with van der Waals surface area (Å²) in [6.45, 7) is 6.05. The summed E-state index contributed by atoms with van der Waals surface area (Å²) in [4.78, 5) is 16.9. The molecule has 3 heteroatoms. The van der Waals surface area contributed by atoms with Crippen LogP contribution in [0.15, 0.2) is 42.5 Å². The van der Waals surface area contributed by atoms with Crippen molar-refractivity contribution in [1.82, 2.24) is 10.3 Å². The number of rotatable bonds is 5. The molecule has 1 amide bonds. The van der Waals surface area contributed by atoms with E-state index in [4.69, 9.17) is 0 Å². The molecule has 0 fully saturated rings. The van der Waals surface area contributed by atoms with Gasteiger partial charge < -0.3 is 5.32 Å². The van der Waals surface area contributed by atoms with Crippen LogP contribution < -0.4 is 5.32 Å². The van der Waals surface area contributed by atoms with E-state index in [1.807, 2.05) is 49.4 Å². The summed E-state index contributed by atoms with van der Waals surface area (Å²) in [7, 11) is 0. The van der Waals surface area contributed by atoms with Gasteiger partial charge in [0, 0.05) is 11.6 Å². The molecule has 0 saturated heterocycles. The van der Waals surface area contributed by atoms with Crippen LogP contribution in [-0.4, -0.2) is 16.9 Å². The molecule has 0 radical (unpaired) electrons. The van der Waals surface area contributed by atoms with Gasteiger partial charge in [0.05, 0.1) is 17.0 Å². The molecule has 2 aromatic rings. The van der Waals surface area contributed by atoms with Crippen molar-refractivity contribution in [3.8, 4) is 11.3 Å². The number of carbonyl (C=O) groups excluding carboxylic acids is 1. The smallest absolute Gasteiger partial charge is 0.253 e. The summed E-state index contributed by atoms with van der Waals surface area (Å²) in [5, 5.41) is 3.05. The molecule has 2 rings (SSSR count). The lowest BCUT2D eigenvalue weighted by molar-refractivity contribution is 0.0934. The molecule has 1 aromatic carbocycles. The second-order valence-corrected chi connectivity index (χ2v) is 5.18. The summed E-state index contributed by atoms with van der Waals surface area (Å²) >= 11 is 0. The van der Waals surface area contributed by atoms with Crippen molar-refractivity contribution in [3.63, 3.8) is 0 Å². The Morgan fingerprint density at radius 3 is 2.33 bits per heavy atom. The van der Waals surface area contributed by atoms with Crippen molar-refractivity contribution in [3.05, 3.63) is 53.7 Å². The minimum absolute atomic E-state index is 0.0340. The summed E-state index contributed by atoms with van der Waals surface area (Å²) in [6, 6.07) is 14.0. The maximum atomic E-state index is 12.3. The van der Waals surface area contributed by atoms with E-state index in [1.54, 1.807) is 0 Å². The van der Waals surface area contributed by atoms with Crippen LogP contribution in [-0.2, 0) is 0 Å². The first-order chi connectivity index (χ1) is 10.2. The standard InChI is InChI=1S/C18H22N2O/c1-4-15(5-2)20-18(21)16-11-12-17(19-13(16)3)14-9-7-6-8-10-14/h6-12,15H,4-5H2,1-3H3,(H,20,21). The topological polar surface area (TPSA) is 42.0 Å². The molecule has 0 unspecified atom stereocenters. The Morgan fingerprint density at radius 1 is 1.10 bits per heavy atom. The molecule has 0 aliphatic carbocycles. The molecular formula is C18H22N2O. The molecule has 110 valence electrons. The third-order valence-electron chi connectivity index (χ3n) is 3.72. The van der Waals surface area contributed by atoms with Gasteiger partial charge in [-0.1, -0.05) is 44.2 Å². The van der Waals surface area contributed by atoms with Gasteiger partial charge in [0.2, 0.25) is 0 Å². The van der Waals surface area contributed by atoms with Gasteiger partial charge in [-0.2, -0.15) is 0 Å². The molecule has 1 aromatic heterocycles. The Balaban J connectivity index is 2.22. The molecule has 0 spiro atoms. The maximum Gasteiger partial charge on any atom is 0.253 e. The molecule has 3 nitrogen and oxygen atoms in total. The molecule has 1 heterocycles. The normalized spacial score (nSPS) is 10.7. The third-order valence-corrected chi connectivity index (χ3v) is 3.72. The Morgan fingerprint density at radius 2 is 1.76 bits per heavy atom. The van der Waals surface area contributed by atoms with Crippen molar-refractivity contribution in [2.45, 2.75) is 39.7 Å². The fourth-order valence-corrected chi connectivity index (χ4v) is 2.33. The van der Waals surface area contributed by atoms with Crippen LogP contribution in [0, 0.1) is 6.92 Å². The number of nitrogens with zero attached hydrogens (tertiary/aromatic N) is 1. The van der Waals surface area contributed by atoms with E-state index in [1.165, 1.54) is 0 Å². The Hall–Kier alpha value is -2.16. The molecule has 1 N–H and O–H groups in total. The van der Waals surface area contributed by atoms with Crippen LogP contribution in [0.4, 0.5) is 0 Å². The van der Waals surface area contributed by atoms with E-state index in [-0.39, 0.29) is 11.9 Å². The Labute approximate surface area is 126 Å². The number of amides is 1. The van der Waals surface area contributed by atoms with Crippen molar-refractivity contribution in [1.29, 1.82) is 0 Å². The van der Waals surface area contributed by atoms with Crippen molar-refractivity contribution in [2.24, 2.45) is 0 Å². The highest BCUT2D eigenvalue weighted by Crippen LogP contribution is 2.18. The number of aryl methyl sites for hydroxylation is 1. The highest BCUT2D eigenvalue weighted by molar-refractivity contribution is 5.95. The van der Waals surface area contributed by atoms with Crippen molar-refractivity contribution in [2.75, 3.05) is 0 Å². The Bertz CT molecular complexity index is 604. The van der Waals surface area contributed by atoms with Gasteiger partial charge in [-0.05, 0) is 31.9 Å². The van der Waals surface area contributed by atoms with Gasteiger partial charge in [-0.25, -0.2) is 0 Å². The van der Waals surface area contributed by atoms with Gasteiger partial charge in [-0.3, -0.25) is 9.78 Å². The third kappa shape index (κ3) is 3.69. The van der Waals surface area contributed by atoms with E-state index in [0.29, 0.717) is 5.56 Å². The zero-order valence-electron chi connectivity index (χ0n) is 12.9. The summed E-state index contributed by atoms with van der Waals surface area (Å²) in [6.07, 6.45) is 1.88. The predicted octanol–water partition coefficient (Wildman–Crippen LogP) is 3.98. The van der Waals surface area contributed by atoms with Crippen LogP contribution in [0.1, 0.15) is 42.7 Å². The van der Waals surface area contributed by atoms with Crippen LogP contribution in [0.5, 0.6) is 0 Å². The first-order valence-electron chi connectivity index (χ1n) is 7.49. The van der Waals surface area contributed by atoms with Crippen LogP contribution in [0.25, 0.3) is 11.3 Å². The molecular weight excluding hydrogens is 260 g/mol. The molecule has 0 atom stereocenters. The number of aromatic nitrogens is 1. The zero-order valence-corrected chi connectivity index (χ0v) is 12.9. The number of hydrogen-bond donors (Lipinski definition) is 1. The molecule has 0 aliphatic heterocycles. The fraction of sp³-hybridized carbons (Fsp3) is 0.333. The van der Waals surface area contributed by atoms with E-state index in [2.05, 4.69) is 24.1 Å². The van der Waals surface area contributed by atoms with Gasteiger partial charge >= 0.3 is 0 Å². The first-order valence-corrected chi connectivity index (χ1v) is 7.49. The maximum absolute atomic E-state index is 12.3. The fourth-order valence-electron chi connectivity index (χ4n) is 2.33. The monoisotopic (exact) mass is 282 g/mol. The second kappa shape index (κ2) is 7.02. The molecule has 0 aliphatic rings. The van der Waals surface area contributed by atoms with Crippen molar-refractivity contribution < 1.29 is 4.79 Å². The molecule has 21 heavy (non-hydrogen) atoms. The number of nitrogens with one attached hydrogen (secondary N) is 1. The molecule has 0 saturated carbocycles. The summed E-state index contributed by atoms with van der Waals surface area (Å²) < 4.78 is 0. The Kier molecular flexibility index (Phi) is 5.09.